The fraction of sp³-hybridized carbons (Fsp3) is 0.500. The van der Waals surface area contributed by atoms with E-state index in [2.05, 4.69) is 11.9 Å². The highest BCUT2D eigenvalue weighted by Crippen LogP contribution is 2.30. The second-order valence-electron chi connectivity index (χ2n) is 5.68. The first-order valence-corrected chi connectivity index (χ1v) is 7.56. The third kappa shape index (κ3) is 2.73. The van der Waals surface area contributed by atoms with Gasteiger partial charge in [0.25, 0.3) is 0 Å². The summed E-state index contributed by atoms with van der Waals surface area (Å²) in [6.07, 6.45) is 7.27. The number of rotatable bonds is 4. The third-order valence-electron chi connectivity index (χ3n) is 4.29. The van der Waals surface area contributed by atoms with Crippen molar-refractivity contribution in [3.8, 4) is 5.88 Å². The molecule has 3 rings (SSSR count). The van der Waals surface area contributed by atoms with Crippen LogP contribution in [0, 0.1) is 5.92 Å². The molecule has 1 aliphatic rings. The molecule has 0 amide bonds. The number of hydrogen-bond donors (Lipinski definition) is 1. The number of carbonyl (C=O) groups is 1. The number of aromatic nitrogens is 2. The van der Waals surface area contributed by atoms with Crippen LogP contribution in [0.2, 0.25) is 0 Å². The molecule has 0 aliphatic heterocycles. The van der Waals surface area contributed by atoms with Gasteiger partial charge in [-0.15, -0.1) is 0 Å². The van der Waals surface area contributed by atoms with Gasteiger partial charge in [-0.3, -0.25) is 4.40 Å². The summed E-state index contributed by atoms with van der Waals surface area (Å²) in [6.45, 7) is 2.20. The van der Waals surface area contributed by atoms with Gasteiger partial charge in [0.15, 0.2) is 5.69 Å². The first kappa shape index (κ1) is 13.9. The Morgan fingerprint density at radius 2 is 2.33 bits per heavy atom. The number of carboxylic acid groups (broad SMARTS) is 1. The number of nitrogens with zero attached hydrogens (tertiary/aromatic N) is 2. The van der Waals surface area contributed by atoms with Gasteiger partial charge in [-0.2, -0.15) is 4.98 Å². The van der Waals surface area contributed by atoms with Crippen LogP contribution < -0.4 is 4.74 Å². The van der Waals surface area contributed by atoms with Crippen LogP contribution in [0.25, 0.3) is 5.65 Å². The molecule has 1 aliphatic carbocycles. The van der Waals surface area contributed by atoms with Gasteiger partial charge in [0.2, 0.25) is 5.88 Å². The van der Waals surface area contributed by atoms with Crippen molar-refractivity contribution in [2.75, 3.05) is 0 Å². The average Bonchev–Trinajstić information content (AvgIpc) is 2.85. The molecule has 2 aromatic rings. The molecule has 0 spiro atoms. The molecule has 2 unspecified atom stereocenters. The third-order valence-corrected chi connectivity index (χ3v) is 4.29. The van der Waals surface area contributed by atoms with E-state index < -0.39 is 5.97 Å². The molecular formula is C16H20N2O3. The Bertz CT molecular complexity index is 650. The van der Waals surface area contributed by atoms with Crippen molar-refractivity contribution < 1.29 is 14.6 Å². The molecule has 112 valence electrons. The zero-order chi connectivity index (χ0) is 14.8. The van der Waals surface area contributed by atoms with E-state index in [0.29, 0.717) is 11.6 Å². The highest BCUT2D eigenvalue weighted by atomic mass is 16.5. The molecule has 1 fully saturated rings. The lowest BCUT2D eigenvalue weighted by atomic mass is 9.85. The number of carboxylic acids is 1. The summed E-state index contributed by atoms with van der Waals surface area (Å²) in [4.78, 5) is 15.9. The molecule has 21 heavy (non-hydrogen) atoms. The van der Waals surface area contributed by atoms with E-state index in [-0.39, 0.29) is 17.7 Å². The van der Waals surface area contributed by atoms with Crippen molar-refractivity contribution >= 4 is 11.6 Å². The number of hydrogen-bond acceptors (Lipinski definition) is 3. The zero-order valence-electron chi connectivity index (χ0n) is 12.2. The van der Waals surface area contributed by atoms with Crippen LogP contribution >= 0.6 is 0 Å². The van der Waals surface area contributed by atoms with E-state index >= 15 is 0 Å². The Morgan fingerprint density at radius 3 is 3.10 bits per heavy atom. The topological polar surface area (TPSA) is 63.8 Å². The van der Waals surface area contributed by atoms with Gasteiger partial charge < -0.3 is 9.84 Å². The molecule has 0 aromatic carbocycles. The standard InChI is InChI=1S/C16H20N2O3/c1-2-11-6-5-7-12(10-11)21-15-14(16(19)20)18-9-4-3-8-13(18)17-15/h3-4,8-9,11-12H,2,5-7,10H2,1H3,(H,19,20). The Hall–Kier alpha value is -2.04. The molecular weight excluding hydrogens is 268 g/mol. The van der Waals surface area contributed by atoms with E-state index in [4.69, 9.17) is 4.74 Å². The maximum Gasteiger partial charge on any atom is 0.358 e. The molecule has 1 saturated carbocycles. The molecule has 0 bridgehead atoms. The monoisotopic (exact) mass is 288 g/mol. The summed E-state index contributed by atoms with van der Waals surface area (Å²) < 4.78 is 7.52. The molecule has 2 atom stereocenters. The number of imidazole rings is 1. The highest BCUT2D eigenvalue weighted by molar-refractivity contribution is 5.89. The van der Waals surface area contributed by atoms with Crippen molar-refractivity contribution in [3.63, 3.8) is 0 Å². The van der Waals surface area contributed by atoms with Gasteiger partial charge in [0.05, 0.1) is 0 Å². The minimum atomic E-state index is -1.01. The predicted octanol–water partition coefficient (Wildman–Crippen LogP) is 3.38. The summed E-state index contributed by atoms with van der Waals surface area (Å²) in [7, 11) is 0. The maximum atomic E-state index is 11.5. The van der Waals surface area contributed by atoms with Gasteiger partial charge in [0.1, 0.15) is 11.8 Å². The van der Waals surface area contributed by atoms with Crippen LogP contribution in [0.3, 0.4) is 0 Å². The molecule has 2 heterocycles. The summed E-state index contributed by atoms with van der Waals surface area (Å²) >= 11 is 0. The summed E-state index contributed by atoms with van der Waals surface area (Å²) in [6, 6.07) is 5.42. The van der Waals surface area contributed by atoms with Crippen LogP contribution in [0.4, 0.5) is 0 Å². The zero-order valence-corrected chi connectivity index (χ0v) is 12.2. The number of aromatic carboxylic acids is 1. The number of ether oxygens (including phenoxy) is 1. The Kier molecular flexibility index (Phi) is 3.82. The van der Waals surface area contributed by atoms with E-state index in [9.17, 15) is 9.90 Å². The van der Waals surface area contributed by atoms with Crippen LogP contribution in [-0.4, -0.2) is 26.6 Å². The van der Waals surface area contributed by atoms with Crippen LogP contribution in [0.5, 0.6) is 5.88 Å². The van der Waals surface area contributed by atoms with Gasteiger partial charge in [-0.1, -0.05) is 25.8 Å². The second-order valence-corrected chi connectivity index (χ2v) is 5.68. The molecule has 0 saturated heterocycles. The average molecular weight is 288 g/mol. The van der Waals surface area contributed by atoms with Crippen molar-refractivity contribution in [1.82, 2.24) is 9.38 Å². The summed E-state index contributed by atoms with van der Waals surface area (Å²) in [5.74, 6) is -0.0870. The van der Waals surface area contributed by atoms with E-state index in [0.717, 1.165) is 25.7 Å². The fourth-order valence-corrected chi connectivity index (χ4v) is 3.13. The fourth-order valence-electron chi connectivity index (χ4n) is 3.13. The van der Waals surface area contributed by atoms with Crippen molar-refractivity contribution in [1.29, 1.82) is 0 Å². The first-order valence-electron chi connectivity index (χ1n) is 7.56. The smallest absolute Gasteiger partial charge is 0.358 e. The number of fused-ring (bicyclic) bond motifs is 1. The normalized spacial score (nSPS) is 22.3. The molecule has 5 heteroatoms. The maximum absolute atomic E-state index is 11.5. The highest BCUT2D eigenvalue weighted by Gasteiger charge is 2.26. The van der Waals surface area contributed by atoms with Crippen LogP contribution in [0.15, 0.2) is 24.4 Å². The van der Waals surface area contributed by atoms with Gasteiger partial charge in [-0.25, -0.2) is 4.79 Å². The molecule has 5 nitrogen and oxygen atoms in total. The minimum absolute atomic E-state index is 0.0757. The molecule has 1 N–H and O–H groups in total. The summed E-state index contributed by atoms with van der Waals surface area (Å²) in [5, 5.41) is 9.44. The largest absolute Gasteiger partial charge is 0.476 e. The summed E-state index contributed by atoms with van der Waals surface area (Å²) in [5.41, 5.74) is 0.719. The lowest BCUT2D eigenvalue weighted by Gasteiger charge is -2.28. The SMILES string of the molecule is CCC1CCCC(Oc2nc3ccccn3c2C(=O)O)C1. The van der Waals surface area contributed by atoms with Gasteiger partial charge in [0, 0.05) is 6.20 Å². The van der Waals surface area contributed by atoms with E-state index in [1.807, 2.05) is 6.07 Å². The molecule has 2 aromatic heterocycles. The van der Waals surface area contributed by atoms with E-state index in [1.165, 1.54) is 6.42 Å². The second kappa shape index (κ2) is 5.76. The lowest BCUT2D eigenvalue weighted by Crippen LogP contribution is -2.26. The van der Waals surface area contributed by atoms with Gasteiger partial charge >= 0.3 is 5.97 Å². The Balaban J connectivity index is 1.89. The quantitative estimate of drug-likeness (QED) is 0.936. The van der Waals surface area contributed by atoms with Crippen molar-refractivity contribution in [2.45, 2.75) is 45.1 Å². The van der Waals surface area contributed by atoms with Gasteiger partial charge in [-0.05, 0) is 37.3 Å². The van der Waals surface area contributed by atoms with Crippen LogP contribution in [-0.2, 0) is 0 Å². The van der Waals surface area contributed by atoms with Crippen molar-refractivity contribution in [3.05, 3.63) is 30.1 Å². The Morgan fingerprint density at radius 1 is 1.48 bits per heavy atom. The van der Waals surface area contributed by atoms with Crippen LogP contribution in [0.1, 0.15) is 49.5 Å². The predicted molar refractivity (Wildman–Crippen MR) is 78.8 cm³/mol. The molecule has 0 radical (unpaired) electrons. The minimum Gasteiger partial charge on any atom is -0.476 e. The number of pyridine rings is 1. The first-order chi connectivity index (χ1) is 10.2. The Labute approximate surface area is 123 Å². The lowest BCUT2D eigenvalue weighted by molar-refractivity contribution is 0.0672. The van der Waals surface area contributed by atoms with Crippen molar-refractivity contribution in [2.24, 2.45) is 5.92 Å². The van der Waals surface area contributed by atoms with E-state index in [1.54, 1.807) is 22.7 Å².